The molecule has 0 bridgehead atoms. The second-order valence-corrected chi connectivity index (χ2v) is 5.97. The summed E-state index contributed by atoms with van der Waals surface area (Å²) >= 11 is 0. The summed E-state index contributed by atoms with van der Waals surface area (Å²) in [6.07, 6.45) is 2.65. The molecule has 0 spiro atoms. The third-order valence-electron chi connectivity index (χ3n) is 4.28. The minimum Gasteiger partial charge on any atom is -0.494 e. The van der Waals surface area contributed by atoms with Crippen LogP contribution in [0.2, 0.25) is 0 Å². The molecule has 2 heterocycles. The van der Waals surface area contributed by atoms with Crippen LogP contribution in [0.25, 0.3) is 0 Å². The average Bonchev–Trinajstić information content (AvgIpc) is 2.67. The van der Waals surface area contributed by atoms with Crippen LogP contribution in [0.4, 0.5) is 10.2 Å². The molecule has 0 amide bonds. The smallest absolute Gasteiger partial charge is 0.146 e. The van der Waals surface area contributed by atoms with Crippen LogP contribution in [0.15, 0.2) is 42.6 Å². The number of anilines is 1. The third-order valence-corrected chi connectivity index (χ3v) is 4.28. The standard InChI is InChI=1S/C19H21FN4O/c20-17-4-6-18(7-5-17)25-14-2-9-23-10-12-24(13-11-23)19-16(15-21)3-1-8-22-19/h1,3-8H,2,9-14H2. The number of rotatable bonds is 6. The Morgan fingerprint density at radius 2 is 1.88 bits per heavy atom. The second-order valence-electron chi connectivity index (χ2n) is 5.97. The number of nitriles is 1. The van der Waals surface area contributed by atoms with Crippen LogP contribution < -0.4 is 9.64 Å². The highest BCUT2D eigenvalue weighted by atomic mass is 19.1. The Kier molecular flexibility index (Phi) is 5.81. The zero-order valence-electron chi connectivity index (χ0n) is 14.1. The van der Waals surface area contributed by atoms with E-state index in [4.69, 9.17) is 4.74 Å². The zero-order valence-corrected chi connectivity index (χ0v) is 14.1. The van der Waals surface area contributed by atoms with E-state index >= 15 is 0 Å². The van der Waals surface area contributed by atoms with Gasteiger partial charge in [-0.25, -0.2) is 9.37 Å². The molecule has 0 radical (unpaired) electrons. The summed E-state index contributed by atoms with van der Waals surface area (Å²) in [4.78, 5) is 8.91. The predicted octanol–water partition coefficient (Wildman–Crippen LogP) is 2.68. The number of aromatic nitrogens is 1. The summed E-state index contributed by atoms with van der Waals surface area (Å²) in [5.41, 5.74) is 0.628. The largest absolute Gasteiger partial charge is 0.494 e. The molecule has 0 N–H and O–H groups in total. The van der Waals surface area contributed by atoms with Crippen LogP contribution >= 0.6 is 0 Å². The predicted molar refractivity (Wildman–Crippen MR) is 94.1 cm³/mol. The fraction of sp³-hybridized carbons (Fsp3) is 0.368. The van der Waals surface area contributed by atoms with E-state index in [0.29, 0.717) is 17.9 Å². The molecule has 3 rings (SSSR count). The minimum atomic E-state index is -0.252. The van der Waals surface area contributed by atoms with Gasteiger partial charge < -0.3 is 9.64 Å². The normalized spacial score (nSPS) is 15.0. The quantitative estimate of drug-likeness (QED) is 0.757. The minimum absolute atomic E-state index is 0.252. The Balaban J connectivity index is 1.39. The third kappa shape index (κ3) is 4.68. The van der Waals surface area contributed by atoms with Crippen LogP contribution in [-0.2, 0) is 0 Å². The molecule has 25 heavy (non-hydrogen) atoms. The van der Waals surface area contributed by atoms with E-state index in [1.165, 1.54) is 12.1 Å². The number of piperazine rings is 1. The van der Waals surface area contributed by atoms with Crippen molar-refractivity contribution in [3.05, 3.63) is 54.0 Å². The first-order valence-electron chi connectivity index (χ1n) is 8.47. The molecule has 0 atom stereocenters. The van der Waals surface area contributed by atoms with E-state index in [-0.39, 0.29) is 5.82 Å². The first-order chi connectivity index (χ1) is 12.3. The number of nitrogens with zero attached hydrogens (tertiary/aromatic N) is 4. The van der Waals surface area contributed by atoms with Gasteiger partial charge >= 0.3 is 0 Å². The highest BCUT2D eigenvalue weighted by Crippen LogP contribution is 2.18. The first-order valence-corrected chi connectivity index (χ1v) is 8.47. The van der Waals surface area contributed by atoms with E-state index in [1.54, 1.807) is 24.4 Å². The van der Waals surface area contributed by atoms with Gasteiger partial charge in [-0.3, -0.25) is 4.90 Å². The van der Waals surface area contributed by atoms with Gasteiger partial charge in [0.25, 0.3) is 0 Å². The monoisotopic (exact) mass is 340 g/mol. The van der Waals surface area contributed by atoms with Crippen molar-refractivity contribution in [2.75, 3.05) is 44.2 Å². The average molecular weight is 340 g/mol. The molecule has 0 unspecified atom stereocenters. The van der Waals surface area contributed by atoms with Crippen LogP contribution in [0.1, 0.15) is 12.0 Å². The fourth-order valence-electron chi connectivity index (χ4n) is 2.93. The topological polar surface area (TPSA) is 52.4 Å². The molecule has 2 aromatic rings. The molecule has 1 aliphatic rings. The number of halogens is 1. The molecule has 1 aromatic heterocycles. The number of ether oxygens (including phenoxy) is 1. The van der Waals surface area contributed by atoms with Crippen molar-refractivity contribution in [3.63, 3.8) is 0 Å². The van der Waals surface area contributed by atoms with Crippen molar-refractivity contribution < 1.29 is 9.13 Å². The molecule has 5 nitrogen and oxygen atoms in total. The highest BCUT2D eigenvalue weighted by molar-refractivity contribution is 5.53. The van der Waals surface area contributed by atoms with Gasteiger partial charge in [0.05, 0.1) is 12.2 Å². The van der Waals surface area contributed by atoms with Gasteiger partial charge in [-0.1, -0.05) is 0 Å². The van der Waals surface area contributed by atoms with Crippen molar-refractivity contribution in [3.8, 4) is 11.8 Å². The van der Waals surface area contributed by atoms with Crippen molar-refractivity contribution in [1.82, 2.24) is 9.88 Å². The first kappa shape index (κ1) is 17.2. The Bertz CT molecular complexity index is 721. The lowest BCUT2D eigenvalue weighted by molar-refractivity contribution is 0.224. The van der Waals surface area contributed by atoms with Crippen LogP contribution in [0.5, 0.6) is 5.75 Å². The summed E-state index contributed by atoms with van der Waals surface area (Å²) < 4.78 is 18.5. The Morgan fingerprint density at radius 1 is 1.12 bits per heavy atom. The molecule has 1 saturated heterocycles. The van der Waals surface area contributed by atoms with Gasteiger partial charge in [0, 0.05) is 38.9 Å². The van der Waals surface area contributed by atoms with Crippen molar-refractivity contribution in [2.45, 2.75) is 6.42 Å². The maximum Gasteiger partial charge on any atom is 0.146 e. The van der Waals surface area contributed by atoms with Crippen molar-refractivity contribution in [2.24, 2.45) is 0 Å². The zero-order chi connectivity index (χ0) is 17.5. The summed E-state index contributed by atoms with van der Waals surface area (Å²) in [6.45, 7) is 5.19. The van der Waals surface area contributed by atoms with E-state index < -0.39 is 0 Å². The maximum absolute atomic E-state index is 12.8. The second kappa shape index (κ2) is 8.45. The number of hydrogen-bond donors (Lipinski definition) is 0. The SMILES string of the molecule is N#Cc1cccnc1N1CCN(CCCOc2ccc(F)cc2)CC1. The number of pyridine rings is 1. The van der Waals surface area contributed by atoms with Gasteiger partial charge in [0.1, 0.15) is 23.5 Å². The van der Waals surface area contributed by atoms with E-state index in [9.17, 15) is 9.65 Å². The number of hydrogen-bond acceptors (Lipinski definition) is 5. The maximum atomic E-state index is 12.8. The lowest BCUT2D eigenvalue weighted by atomic mass is 10.2. The van der Waals surface area contributed by atoms with Gasteiger partial charge in [0.2, 0.25) is 0 Å². The summed E-state index contributed by atoms with van der Waals surface area (Å²) in [5, 5.41) is 9.19. The molecule has 0 aliphatic carbocycles. The molecule has 1 aromatic carbocycles. The summed E-state index contributed by atoms with van der Waals surface area (Å²) in [6, 6.07) is 11.9. The molecule has 6 heteroatoms. The number of benzene rings is 1. The lowest BCUT2D eigenvalue weighted by Gasteiger charge is -2.35. The van der Waals surface area contributed by atoms with Crippen molar-refractivity contribution in [1.29, 1.82) is 5.26 Å². The Labute approximate surface area is 147 Å². The molecule has 1 aliphatic heterocycles. The van der Waals surface area contributed by atoms with Gasteiger partial charge in [-0.2, -0.15) is 5.26 Å². The highest BCUT2D eigenvalue weighted by Gasteiger charge is 2.19. The molecular formula is C19H21FN4O. The van der Waals surface area contributed by atoms with Crippen LogP contribution in [0.3, 0.4) is 0 Å². The van der Waals surface area contributed by atoms with Crippen LogP contribution in [0, 0.1) is 17.1 Å². The van der Waals surface area contributed by atoms with Gasteiger partial charge in [-0.05, 0) is 42.8 Å². The molecular weight excluding hydrogens is 319 g/mol. The summed E-state index contributed by atoms with van der Waals surface area (Å²) in [7, 11) is 0. The lowest BCUT2D eigenvalue weighted by Crippen LogP contribution is -2.47. The van der Waals surface area contributed by atoms with Crippen molar-refractivity contribution >= 4 is 5.82 Å². The van der Waals surface area contributed by atoms with E-state index in [1.807, 2.05) is 6.07 Å². The van der Waals surface area contributed by atoms with Gasteiger partial charge in [-0.15, -0.1) is 0 Å². The molecule has 130 valence electrons. The van der Waals surface area contributed by atoms with E-state index in [2.05, 4.69) is 20.9 Å². The Hall–Kier alpha value is -2.65. The van der Waals surface area contributed by atoms with E-state index in [0.717, 1.165) is 45.0 Å². The molecule has 1 fully saturated rings. The van der Waals surface area contributed by atoms with Crippen LogP contribution in [-0.4, -0.2) is 49.2 Å². The molecule has 0 saturated carbocycles. The van der Waals surface area contributed by atoms with Gasteiger partial charge in [0.15, 0.2) is 0 Å². The fourth-order valence-corrected chi connectivity index (χ4v) is 2.93. The Morgan fingerprint density at radius 3 is 2.60 bits per heavy atom. The summed E-state index contributed by atoms with van der Waals surface area (Å²) in [5.74, 6) is 1.23.